The fraction of sp³-hybridized carbons (Fsp3) is 0.400. The van der Waals surface area contributed by atoms with E-state index in [0.717, 1.165) is 17.2 Å². The molecular formula is C15H18N4O2. The van der Waals surface area contributed by atoms with Gasteiger partial charge in [-0.3, -0.25) is 9.78 Å². The molecule has 3 heterocycles. The van der Waals surface area contributed by atoms with Crippen LogP contribution in [0.1, 0.15) is 33.6 Å². The van der Waals surface area contributed by atoms with Gasteiger partial charge in [-0.25, -0.2) is 4.98 Å². The van der Waals surface area contributed by atoms with Crippen molar-refractivity contribution in [3.05, 3.63) is 47.4 Å². The van der Waals surface area contributed by atoms with Crippen LogP contribution in [-0.2, 0) is 0 Å². The summed E-state index contributed by atoms with van der Waals surface area (Å²) >= 11 is 0. The summed E-state index contributed by atoms with van der Waals surface area (Å²) in [4.78, 5) is 22.4. The van der Waals surface area contributed by atoms with Crippen molar-refractivity contribution in [3.8, 4) is 0 Å². The zero-order valence-corrected chi connectivity index (χ0v) is 12.1. The summed E-state index contributed by atoms with van der Waals surface area (Å²) in [6, 6.07) is 3.72. The summed E-state index contributed by atoms with van der Waals surface area (Å²) in [5.41, 5.74) is 7.30. The molecule has 0 aliphatic carbocycles. The van der Waals surface area contributed by atoms with Crippen molar-refractivity contribution in [2.45, 2.75) is 25.8 Å². The fourth-order valence-corrected chi connectivity index (χ4v) is 2.61. The number of aromatic nitrogens is 2. The Hall–Kier alpha value is -2.21. The minimum atomic E-state index is -0.135. The van der Waals surface area contributed by atoms with Gasteiger partial charge in [-0.05, 0) is 26.0 Å². The quantitative estimate of drug-likeness (QED) is 0.898. The van der Waals surface area contributed by atoms with Crippen LogP contribution < -0.4 is 5.73 Å². The average Bonchev–Trinajstić information content (AvgIpc) is 3.05. The predicted octanol–water partition coefficient (Wildman–Crippen LogP) is 1.25. The van der Waals surface area contributed by atoms with Gasteiger partial charge in [0, 0.05) is 25.3 Å². The van der Waals surface area contributed by atoms with E-state index in [1.165, 1.54) is 6.20 Å². The Morgan fingerprint density at radius 3 is 2.71 bits per heavy atom. The lowest BCUT2D eigenvalue weighted by atomic mass is 10.0. The molecular weight excluding hydrogens is 268 g/mol. The monoisotopic (exact) mass is 286 g/mol. The van der Waals surface area contributed by atoms with E-state index < -0.39 is 0 Å². The number of nitrogens with zero attached hydrogens (tertiary/aromatic N) is 3. The third kappa shape index (κ3) is 2.67. The number of carbonyl (C=O) groups excluding carboxylic acids is 1. The molecule has 2 N–H and O–H groups in total. The van der Waals surface area contributed by atoms with Crippen LogP contribution >= 0.6 is 0 Å². The molecule has 1 fully saturated rings. The van der Waals surface area contributed by atoms with Gasteiger partial charge in [0.05, 0.1) is 17.8 Å². The molecule has 6 nitrogen and oxygen atoms in total. The van der Waals surface area contributed by atoms with Gasteiger partial charge in [0.25, 0.3) is 5.91 Å². The fourth-order valence-electron chi connectivity index (χ4n) is 2.61. The topological polar surface area (TPSA) is 85.2 Å². The first-order valence-electron chi connectivity index (χ1n) is 6.94. The lowest BCUT2D eigenvalue weighted by Gasteiger charge is -2.15. The van der Waals surface area contributed by atoms with Gasteiger partial charge in [-0.1, -0.05) is 0 Å². The maximum atomic E-state index is 12.4. The van der Waals surface area contributed by atoms with Crippen LogP contribution in [-0.4, -0.2) is 39.9 Å². The third-order valence-electron chi connectivity index (χ3n) is 3.78. The van der Waals surface area contributed by atoms with Gasteiger partial charge >= 0.3 is 0 Å². The van der Waals surface area contributed by atoms with Crippen LogP contribution in [0.3, 0.4) is 0 Å². The lowest BCUT2D eigenvalue weighted by Crippen LogP contribution is -2.32. The highest BCUT2D eigenvalue weighted by atomic mass is 16.3. The van der Waals surface area contributed by atoms with Crippen LogP contribution in [0, 0.1) is 13.8 Å². The first-order chi connectivity index (χ1) is 10.0. The highest BCUT2D eigenvalue weighted by Crippen LogP contribution is 2.28. The van der Waals surface area contributed by atoms with Crippen molar-refractivity contribution < 1.29 is 9.21 Å². The van der Waals surface area contributed by atoms with Gasteiger partial charge in [0.1, 0.15) is 17.2 Å². The van der Waals surface area contributed by atoms with Crippen LogP contribution in [0.4, 0.5) is 0 Å². The zero-order chi connectivity index (χ0) is 15.0. The van der Waals surface area contributed by atoms with Gasteiger partial charge in [-0.15, -0.1) is 0 Å². The predicted molar refractivity (Wildman–Crippen MR) is 76.8 cm³/mol. The molecule has 0 spiro atoms. The Labute approximate surface area is 123 Å². The first kappa shape index (κ1) is 13.8. The Balaban J connectivity index is 1.76. The molecule has 0 radical (unpaired) electrons. The van der Waals surface area contributed by atoms with Crippen LogP contribution in [0.25, 0.3) is 0 Å². The summed E-state index contributed by atoms with van der Waals surface area (Å²) in [6.07, 6.45) is 3.10. The summed E-state index contributed by atoms with van der Waals surface area (Å²) in [5.74, 6) is 1.58. The van der Waals surface area contributed by atoms with Gasteiger partial charge in [-0.2, -0.15) is 0 Å². The van der Waals surface area contributed by atoms with Crippen molar-refractivity contribution in [2.75, 3.05) is 13.1 Å². The molecule has 2 unspecified atom stereocenters. The average molecular weight is 286 g/mol. The van der Waals surface area contributed by atoms with Crippen LogP contribution in [0.2, 0.25) is 0 Å². The van der Waals surface area contributed by atoms with Crippen molar-refractivity contribution >= 4 is 5.91 Å². The molecule has 0 aromatic carbocycles. The van der Waals surface area contributed by atoms with E-state index in [1.54, 1.807) is 11.1 Å². The lowest BCUT2D eigenvalue weighted by molar-refractivity contribution is 0.0782. The van der Waals surface area contributed by atoms with Crippen molar-refractivity contribution in [1.29, 1.82) is 0 Å². The van der Waals surface area contributed by atoms with Crippen LogP contribution in [0.5, 0.6) is 0 Å². The molecule has 1 aliphatic rings. The maximum absolute atomic E-state index is 12.4. The van der Waals surface area contributed by atoms with Gasteiger partial charge in [0.15, 0.2) is 0 Å². The standard InChI is InChI=1S/C15H18N4O2/c1-9-5-18-13(6-17-9)15(20)19-7-11(12(16)8-19)14-4-3-10(2)21-14/h3-6,11-12H,7-8,16H2,1-2H3. The Morgan fingerprint density at radius 1 is 1.29 bits per heavy atom. The number of nitrogens with two attached hydrogens (primary N) is 1. The Kier molecular flexibility index (Phi) is 3.47. The molecule has 2 aromatic heterocycles. The van der Waals surface area contributed by atoms with E-state index in [1.807, 2.05) is 26.0 Å². The molecule has 1 saturated heterocycles. The Bertz CT molecular complexity index is 650. The van der Waals surface area contributed by atoms with Crippen LogP contribution in [0.15, 0.2) is 28.9 Å². The summed E-state index contributed by atoms with van der Waals surface area (Å²) in [6.45, 7) is 4.78. The molecule has 2 aromatic rings. The number of rotatable bonds is 2. The summed E-state index contributed by atoms with van der Waals surface area (Å²) in [5, 5.41) is 0. The number of hydrogen-bond donors (Lipinski definition) is 1. The van der Waals surface area contributed by atoms with Crippen molar-refractivity contribution in [3.63, 3.8) is 0 Å². The summed E-state index contributed by atoms with van der Waals surface area (Å²) < 4.78 is 5.64. The van der Waals surface area contributed by atoms with E-state index >= 15 is 0 Å². The number of aryl methyl sites for hydroxylation is 2. The molecule has 0 saturated carbocycles. The smallest absolute Gasteiger partial charge is 0.274 e. The number of furan rings is 1. The SMILES string of the molecule is Cc1cnc(C(=O)N2CC(N)C(c3ccc(C)o3)C2)cn1. The third-order valence-corrected chi connectivity index (χ3v) is 3.78. The second-order valence-electron chi connectivity index (χ2n) is 5.47. The maximum Gasteiger partial charge on any atom is 0.274 e. The largest absolute Gasteiger partial charge is 0.466 e. The molecule has 3 rings (SSSR count). The van der Waals surface area contributed by atoms with Crippen molar-refractivity contribution in [2.24, 2.45) is 5.73 Å². The molecule has 21 heavy (non-hydrogen) atoms. The molecule has 1 amide bonds. The van der Waals surface area contributed by atoms with E-state index in [0.29, 0.717) is 18.8 Å². The van der Waals surface area contributed by atoms with E-state index in [4.69, 9.17) is 10.2 Å². The Morgan fingerprint density at radius 2 is 2.10 bits per heavy atom. The molecule has 0 bridgehead atoms. The molecule has 1 aliphatic heterocycles. The number of carbonyl (C=O) groups is 1. The van der Waals surface area contributed by atoms with Crippen molar-refractivity contribution in [1.82, 2.24) is 14.9 Å². The zero-order valence-electron chi connectivity index (χ0n) is 12.1. The number of likely N-dealkylation sites (tertiary alicyclic amines) is 1. The second-order valence-corrected chi connectivity index (χ2v) is 5.47. The highest BCUT2D eigenvalue weighted by Gasteiger charge is 2.36. The number of amides is 1. The second kappa shape index (κ2) is 5.29. The molecule has 6 heteroatoms. The van der Waals surface area contributed by atoms with Gasteiger partial charge < -0.3 is 15.1 Å². The van der Waals surface area contributed by atoms with E-state index in [-0.39, 0.29) is 17.9 Å². The van der Waals surface area contributed by atoms with Gasteiger partial charge in [0.2, 0.25) is 0 Å². The number of hydrogen-bond acceptors (Lipinski definition) is 5. The first-order valence-corrected chi connectivity index (χ1v) is 6.94. The molecule has 2 atom stereocenters. The van der Waals surface area contributed by atoms with E-state index in [2.05, 4.69) is 9.97 Å². The normalized spacial score (nSPS) is 21.8. The minimum absolute atomic E-state index is 0.0288. The van der Waals surface area contributed by atoms with E-state index in [9.17, 15) is 4.79 Å². The highest BCUT2D eigenvalue weighted by molar-refractivity contribution is 5.92. The molecule has 110 valence electrons. The minimum Gasteiger partial charge on any atom is -0.466 e. The summed E-state index contributed by atoms with van der Waals surface area (Å²) in [7, 11) is 0.